The van der Waals surface area contributed by atoms with Crippen LogP contribution in [0.5, 0.6) is 0 Å². The van der Waals surface area contributed by atoms with Gasteiger partial charge < -0.3 is 23.3 Å². The third-order valence-corrected chi connectivity index (χ3v) is 30.7. The first-order chi connectivity index (χ1) is 70.7. The molecule has 0 bridgehead atoms. The molecule has 5 heterocycles. The molecule has 0 saturated heterocycles. The number of aromatic amines is 1. The molecule has 0 spiro atoms. The number of nitrogens with one attached hydrogen (secondary N) is 1. The SMILES string of the molecule is CC1(C)c2ccccc2-c2ccc3c(c21)Cc1ccccc1-3.c1ccc(-n2c3c(c4ccccc42)Cc2ccccc2-3)cc1.c1ccc(-n2c3ccccc3c3cc4c(cc32)-c2ccccc2C4)cc1.c1ccc(-n2c3ccccc3c3cc4cc5[nH]c6ccccc6c5cc4cc32)cc1.c1ccc(Cc2ccc3c(c2)c2ccccc2n3-c2ccccc2)cc1.c1ccc2c(c1)Cc1ccc3ccccc3c1-2. The minimum absolute atomic E-state index is 0.0965. The van der Waals surface area contributed by atoms with Crippen LogP contribution < -0.4 is 0 Å². The van der Waals surface area contributed by atoms with Crippen LogP contribution in [0.2, 0.25) is 0 Å². The first-order valence-electron chi connectivity index (χ1n) is 50.1. The largest absolute Gasteiger partial charge is 0.354 e. The normalized spacial score (nSPS) is 12.7. The standard InChI is InChI=1S/C28H18N2.C25H17N.C25H19N.C22H18.C21H15N.C17H12/c1-2-8-20(9-3-1)30-27-13-7-5-11-22(27)24-15-18-16-26-23(14-19(18)17-28(24)30)21-10-4-6-12-25(21)29-26;1-2-9-19(10-3-1)26-24-13-7-6-12-21(24)23-15-18-14-17-8-4-5-11-20(17)22(18)16-25(23)26;1-3-9-19(10-4-1)17-20-15-16-25-23(18-20)22-13-7-8-14-24(22)26(25)21-11-5-2-6-12-21;1-22(2)20-10-6-5-9-17(20)18-12-11-16-15-8-4-3-7-14(15)13-19(16)21(18)22;1-2-9-16(10-3-1)22-20-13-7-6-12-18(20)19-14-15-8-4-5-11-17(15)21(19)22;1-3-7-15-12(5-1)9-10-14-11-13-6-2-4-8-16(13)17(14)15/h1-17,29H;1-13,15-16H,14H2;1-16,18H,17H2;3-12H,13H2,1-2H3;1-13H,14H2;1-10H,11H2. The molecule has 0 amide bonds. The third kappa shape index (κ3) is 14.4. The number of benzene rings is 22. The molecule has 5 aliphatic carbocycles. The average molecular weight is 1830 g/mol. The first kappa shape index (κ1) is 84.4. The number of hydrogen-bond donors (Lipinski definition) is 1. The molecule has 5 aliphatic rings. The van der Waals surface area contributed by atoms with E-state index in [1.165, 1.54) is 254 Å². The summed E-state index contributed by atoms with van der Waals surface area (Å²) in [5.41, 5.74) is 47.6. The van der Waals surface area contributed by atoms with E-state index < -0.39 is 0 Å². The number of aromatic nitrogens is 5. The molecule has 5 nitrogen and oxygen atoms in total. The zero-order valence-electron chi connectivity index (χ0n) is 79.7. The Morgan fingerprint density at radius 3 is 1.26 bits per heavy atom. The lowest BCUT2D eigenvalue weighted by Gasteiger charge is -2.24. The molecule has 0 fully saturated rings. The van der Waals surface area contributed by atoms with Crippen molar-refractivity contribution < 1.29 is 0 Å². The highest BCUT2D eigenvalue weighted by atomic mass is 15.0. The summed E-state index contributed by atoms with van der Waals surface area (Å²) >= 11 is 0. The van der Waals surface area contributed by atoms with Crippen LogP contribution in [0, 0.1) is 0 Å². The molecule has 1 N–H and O–H groups in total. The summed E-state index contributed by atoms with van der Waals surface area (Å²) in [6.07, 6.45) is 5.18. The molecule has 143 heavy (non-hydrogen) atoms. The maximum Gasteiger partial charge on any atom is 0.0579 e. The fourth-order valence-electron chi connectivity index (χ4n) is 24.4. The van der Waals surface area contributed by atoms with E-state index >= 15 is 0 Å². The number of fused-ring (bicyclic) bond motifs is 33. The zero-order valence-corrected chi connectivity index (χ0v) is 79.7. The summed E-state index contributed by atoms with van der Waals surface area (Å²) < 4.78 is 9.54. The quantitative estimate of drug-likeness (QED) is 0.172. The molecular weight excluding hydrogens is 1730 g/mol. The summed E-state index contributed by atoms with van der Waals surface area (Å²) in [6.45, 7) is 4.75. The van der Waals surface area contributed by atoms with Gasteiger partial charge in [-0.15, -0.1) is 0 Å². The average Bonchev–Trinajstić information content (AvgIpc) is 1.63. The van der Waals surface area contributed by atoms with Crippen LogP contribution in [-0.2, 0) is 37.5 Å². The Hall–Kier alpha value is -17.9. The minimum atomic E-state index is 0.0965. The van der Waals surface area contributed by atoms with Gasteiger partial charge in [0.05, 0.1) is 44.3 Å². The van der Waals surface area contributed by atoms with E-state index in [0.29, 0.717) is 0 Å². The van der Waals surface area contributed by atoms with Gasteiger partial charge in [0.2, 0.25) is 0 Å². The Labute approximate surface area is 831 Å². The van der Waals surface area contributed by atoms with Crippen molar-refractivity contribution in [1.29, 1.82) is 0 Å². The molecule has 0 unspecified atom stereocenters. The molecular formula is C138H99N5. The van der Waals surface area contributed by atoms with Gasteiger partial charge in [0, 0.05) is 99.7 Å². The van der Waals surface area contributed by atoms with Gasteiger partial charge in [0.25, 0.3) is 0 Å². The molecule has 0 saturated carbocycles. The first-order valence-corrected chi connectivity index (χ1v) is 50.1. The van der Waals surface area contributed by atoms with Gasteiger partial charge in [0.1, 0.15) is 0 Å². The van der Waals surface area contributed by atoms with Gasteiger partial charge in [0.15, 0.2) is 0 Å². The van der Waals surface area contributed by atoms with E-state index in [-0.39, 0.29) is 5.41 Å². The van der Waals surface area contributed by atoms with Crippen molar-refractivity contribution in [2.75, 3.05) is 0 Å². The molecule has 27 aromatic rings. The lowest BCUT2D eigenvalue weighted by atomic mass is 9.79. The van der Waals surface area contributed by atoms with Gasteiger partial charge in [-0.05, 0) is 286 Å². The van der Waals surface area contributed by atoms with Crippen molar-refractivity contribution >= 4 is 120 Å². The maximum atomic E-state index is 3.58. The molecule has 0 atom stereocenters. The molecule has 0 aliphatic heterocycles. The number of hydrogen-bond acceptors (Lipinski definition) is 0. The van der Waals surface area contributed by atoms with Crippen LogP contribution in [0.3, 0.4) is 0 Å². The van der Waals surface area contributed by atoms with E-state index in [4.69, 9.17) is 0 Å². The lowest BCUT2D eigenvalue weighted by molar-refractivity contribution is 0.654. The van der Waals surface area contributed by atoms with Gasteiger partial charge in [-0.25, -0.2) is 0 Å². The monoisotopic (exact) mass is 1830 g/mol. The van der Waals surface area contributed by atoms with Gasteiger partial charge in [-0.1, -0.05) is 384 Å². The lowest BCUT2D eigenvalue weighted by Crippen LogP contribution is -2.17. The third-order valence-electron chi connectivity index (χ3n) is 30.7. The minimum Gasteiger partial charge on any atom is -0.354 e. The van der Waals surface area contributed by atoms with E-state index in [0.717, 1.165) is 32.1 Å². The highest BCUT2D eigenvalue weighted by molar-refractivity contribution is 6.19. The predicted molar refractivity (Wildman–Crippen MR) is 603 cm³/mol. The molecule has 5 aromatic heterocycles. The van der Waals surface area contributed by atoms with Crippen LogP contribution in [0.25, 0.3) is 198 Å². The number of H-pyrrole nitrogens is 1. The fraction of sp³-hybridized carbons (Fsp3) is 0.0580. The Balaban J connectivity index is 0.0000000862. The fourth-order valence-corrected chi connectivity index (χ4v) is 24.4. The van der Waals surface area contributed by atoms with Gasteiger partial charge >= 0.3 is 0 Å². The van der Waals surface area contributed by atoms with E-state index in [2.05, 4.69) is 535 Å². The predicted octanol–water partition coefficient (Wildman–Crippen LogP) is 35.5. The smallest absolute Gasteiger partial charge is 0.0579 e. The molecule has 0 radical (unpaired) electrons. The van der Waals surface area contributed by atoms with Crippen LogP contribution in [0.1, 0.15) is 80.6 Å². The second kappa shape index (κ2) is 34.9. The number of nitrogens with zero attached hydrogens (tertiary/aromatic N) is 4. The summed E-state index contributed by atoms with van der Waals surface area (Å²) in [5, 5.41) is 17.0. The van der Waals surface area contributed by atoms with Crippen molar-refractivity contribution in [3.63, 3.8) is 0 Å². The van der Waals surface area contributed by atoms with Crippen molar-refractivity contribution in [2.24, 2.45) is 0 Å². The topological polar surface area (TPSA) is 35.5 Å². The summed E-state index contributed by atoms with van der Waals surface area (Å²) in [7, 11) is 0. The Bertz CT molecular complexity index is 9700. The van der Waals surface area contributed by atoms with Crippen molar-refractivity contribution in [3.05, 3.63) is 564 Å². The molecule has 676 valence electrons. The van der Waals surface area contributed by atoms with Crippen LogP contribution >= 0.6 is 0 Å². The second-order valence-electron chi connectivity index (χ2n) is 39.2. The highest BCUT2D eigenvalue weighted by Crippen LogP contribution is 2.55. The van der Waals surface area contributed by atoms with E-state index in [9.17, 15) is 0 Å². The van der Waals surface area contributed by atoms with Crippen LogP contribution in [-0.4, -0.2) is 23.3 Å². The van der Waals surface area contributed by atoms with E-state index in [1.54, 1.807) is 11.1 Å². The van der Waals surface area contributed by atoms with Crippen molar-refractivity contribution in [3.8, 4) is 78.5 Å². The van der Waals surface area contributed by atoms with Crippen molar-refractivity contribution in [2.45, 2.75) is 51.4 Å². The number of para-hydroxylation sites is 9. The molecule has 22 aromatic carbocycles. The summed E-state index contributed by atoms with van der Waals surface area (Å²) in [6, 6.07) is 180. The van der Waals surface area contributed by atoms with Gasteiger partial charge in [-0.2, -0.15) is 0 Å². The Morgan fingerprint density at radius 2 is 0.629 bits per heavy atom. The molecule has 32 rings (SSSR count). The molecule has 5 heteroatoms. The second-order valence-corrected chi connectivity index (χ2v) is 39.2. The maximum absolute atomic E-state index is 3.58. The van der Waals surface area contributed by atoms with Gasteiger partial charge in [-0.3, -0.25) is 0 Å². The Morgan fingerprint density at radius 1 is 0.210 bits per heavy atom. The van der Waals surface area contributed by atoms with Crippen LogP contribution in [0.15, 0.2) is 497 Å². The van der Waals surface area contributed by atoms with Crippen LogP contribution in [0.4, 0.5) is 0 Å². The summed E-state index contributed by atoms with van der Waals surface area (Å²) in [5.74, 6) is 0. The summed E-state index contributed by atoms with van der Waals surface area (Å²) in [4.78, 5) is 3.58. The number of rotatable bonds is 6. The Kier molecular flexibility index (Phi) is 20.6. The van der Waals surface area contributed by atoms with Crippen molar-refractivity contribution in [1.82, 2.24) is 23.3 Å². The van der Waals surface area contributed by atoms with E-state index in [1.807, 2.05) is 0 Å². The highest BCUT2D eigenvalue weighted by Gasteiger charge is 2.40. The zero-order chi connectivity index (χ0) is 94.7.